The van der Waals surface area contributed by atoms with Crippen LogP contribution < -0.4 is 0 Å². The van der Waals surface area contributed by atoms with Gasteiger partial charge in [0.15, 0.2) is 0 Å². The molecule has 0 radical (unpaired) electrons. The predicted octanol–water partition coefficient (Wildman–Crippen LogP) is 6.66. The van der Waals surface area contributed by atoms with Crippen molar-refractivity contribution in [3.63, 3.8) is 0 Å². The zero-order valence-electron chi connectivity index (χ0n) is 28.7. The Bertz CT molecular complexity index is 1130. The van der Waals surface area contributed by atoms with Crippen molar-refractivity contribution in [2.24, 2.45) is 58.2 Å². The lowest BCUT2D eigenvalue weighted by Crippen LogP contribution is -2.58. The van der Waals surface area contributed by atoms with Crippen molar-refractivity contribution in [2.75, 3.05) is 0 Å². The van der Waals surface area contributed by atoms with Crippen LogP contribution in [-0.4, -0.2) is 47.3 Å². The van der Waals surface area contributed by atoms with E-state index in [0.29, 0.717) is 24.7 Å². The van der Waals surface area contributed by atoms with Crippen LogP contribution in [0.4, 0.5) is 0 Å². The van der Waals surface area contributed by atoms with E-state index in [1.165, 1.54) is 32.1 Å². The summed E-state index contributed by atoms with van der Waals surface area (Å²) < 4.78 is 22.9. The summed E-state index contributed by atoms with van der Waals surface area (Å²) in [5.41, 5.74) is -1.74. The lowest BCUT2D eigenvalue weighted by molar-refractivity contribution is -0.211. The summed E-state index contributed by atoms with van der Waals surface area (Å²) in [5, 5.41) is 0. The molecule has 6 saturated carbocycles. The van der Waals surface area contributed by atoms with Gasteiger partial charge in [-0.25, -0.2) is 0 Å². The number of carbonyl (C=O) groups is 4. The topological polar surface area (TPSA) is 105 Å². The molecule has 6 unspecified atom stereocenters. The van der Waals surface area contributed by atoms with Gasteiger partial charge in [0, 0.05) is 11.8 Å². The van der Waals surface area contributed by atoms with Gasteiger partial charge in [0.25, 0.3) is 0 Å². The molecule has 0 amide bonds. The van der Waals surface area contributed by atoms with Crippen LogP contribution in [0.3, 0.4) is 0 Å². The van der Waals surface area contributed by atoms with Crippen LogP contribution in [-0.2, 0) is 38.1 Å². The lowest BCUT2D eigenvalue weighted by atomic mass is 9.50. The number of fused-ring (bicyclic) bond motifs is 1. The first-order chi connectivity index (χ1) is 20.3. The molecule has 0 aromatic carbocycles. The van der Waals surface area contributed by atoms with Gasteiger partial charge in [-0.15, -0.1) is 0 Å². The number of hydrogen-bond donors (Lipinski definition) is 0. The van der Waals surface area contributed by atoms with Gasteiger partial charge in [-0.2, -0.15) is 0 Å². The van der Waals surface area contributed by atoms with E-state index < -0.39 is 41.0 Å². The molecule has 1 aliphatic heterocycles. The number of ether oxygens (including phenoxy) is 4. The summed E-state index contributed by atoms with van der Waals surface area (Å²) in [6.07, 6.45) is 7.81. The minimum absolute atomic E-state index is 0.0185. The molecule has 6 bridgehead atoms. The Kier molecular flexibility index (Phi) is 8.53. The van der Waals surface area contributed by atoms with Gasteiger partial charge in [-0.3, -0.25) is 19.2 Å². The van der Waals surface area contributed by atoms with Gasteiger partial charge in [0.2, 0.25) is 0 Å². The van der Waals surface area contributed by atoms with Crippen molar-refractivity contribution in [3.05, 3.63) is 0 Å². The third-order valence-electron chi connectivity index (χ3n) is 12.4. The Labute approximate surface area is 264 Å². The van der Waals surface area contributed by atoms with E-state index in [-0.39, 0.29) is 40.8 Å². The fraction of sp³-hybridized carbons (Fsp3) is 0.889. The number of hydrogen-bond acceptors (Lipinski definition) is 8. The van der Waals surface area contributed by atoms with Crippen LogP contribution in [0.1, 0.15) is 121 Å². The molecule has 8 heteroatoms. The Hall–Kier alpha value is -2.12. The second kappa shape index (κ2) is 11.3. The summed E-state index contributed by atoms with van der Waals surface area (Å²) in [6.45, 7) is 19.3. The molecule has 1 heterocycles. The highest BCUT2D eigenvalue weighted by Gasteiger charge is 2.70. The molecule has 0 aromatic heterocycles. The van der Waals surface area contributed by atoms with Crippen molar-refractivity contribution >= 4 is 23.9 Å². The quantitative estimate of drug-likeness (QED) is 0.231. The minimum Gasteiger partial charge on any atom is -0.460 e. The van der Waals surface area contributed by atoms with Crippen LogP contribution in [0.25, 0.3) is 0 Å². The second-order valence-corrected chi connectivity index (χ2v) is 17.3. The molecule has 7 fully saturated rings. The Balaban J connectivity index is 0.000000181. The standard InChI is InChI=1S/C19H28O6.C17H28O2/c1-7-19(5,6)17(22)24-14-10-8-9-11(15(20)23-13(9)14)12(10)16(21)25-18(2,3)4;1-5-16(2,3)15(18)19-17(4)13-7-11-6-12(9-13)10-14(17)8-11/h9-14H,7-8H2,1-6H3;11-14H,5-10H2,1-4H3. The molecule has 6 atom stereocenters. The third kappa shape index (κ3) is 5.81. The second-order valence-electron chi connectivity index (χ2n) is 17.3. The zero-order chi connectivity index (χ0) is 32.6. The highest BCUT2D eigenvalue weighted by atomic mass is 16.6. The van der Waals surface area contributed by atoms with E-state index in [4.69, 9.17) is 18.9 Å². The third-order valence-corrected chi connectivity index (χ3v) is 12.4. The van der Waals surface area contributed by atoms with Crippen LogP contribution in [0.2, 0.25) is 0 Å². The molecule has 7 rings (SSSR count). The van der Waals surface area contributed by atoms with Crippen LogP contribution in [0.5, 0.6) is 0 Å². The Morgan fingerprint density at radius 1 is 0.795 bits per heavy atom. The zero-order valence-corrected chi connectivity index (χ0v) is 28.7. The minimum atomic E-state index is -0.628. The predicted molar refractivity (Wildman–Crippen MR) is 164 cm³/mol. The fourth-order valence-corrected chi connectivity index (χ4v) is 9.03. The van der Waals surface area contributed by atoms with Gasteiger partial charge in [0.1, 0.15) is 23.4 Å². The smallest absolute Gasteiger partial charge is 0.312 e. The maximum Gasteiger partial charge on any atom is 0.312 e. The van der Waals surface area contributed by atoms with E-state index >= 15 is 0 Å². The van der Waals surface area contributed by atoms with Crippen LogP contribution in [0, 0.1) is 58.2 Å². The maximum absolute atomic E-state index is 12.7. The molecular weight excluding hydrogens is 560 g/mol. The molecule has 0 N–H and O–H groups in total. The summed E-state index contributed by atoms with van der Waals surface area (Å²) >= 11 is 0. The summed E-state index contributed by atoms with van der Waals surface area (Å²) in [5.74, 6) is 0.745. The summed E-state index contributed by atoms with van der Waals surface area (Å²) in [6, 6.07) is 0. The molecular formula is C36H56O8. The first-order valence-electron chi connectivity index (χ1n) is 17.2. The monoisotopic (exact) mass is 616 g/mol. The number of esters is 4. The number of rotatable bonds is 7. The average Bonchev–Trinajstić information content (AvgIpc) is 3.55. The van der Waals surface area contributed by atoms with Gasteiger partial charge < -0.3 is 18.9 Å². The normalized spacial score (nSPS) is 39.8. The van der Waals surface area contributed by atoms with E-state index in [9.17, 15) is 19.2 Å². The molecule has 248 valence electrons. The van der Waals surface area contributed by atoms with E-state index in [0.717, 1.165) is 18.3 Å². The Morgan fingerprint density at radius 2 is 1.32 bits per heavy atom. The molecule has 0 aromatic rings. The molecule has 0 spiro atoms. The largest absolute Gasteiger partial charge is 0.460 e. The van der Waals surface area contributed by atoms with E-state index in [1.54, 1.807) is 20.8 Å². The molecule has 7 aliphatic rings. The SMILES string of the molecule is CCC(C)(C)C(=O)OC1(C)C2CC3CC(C2)CC1C3.CCC(C)(C)C(=O)OC1C2CC3C1OC(=O)C3C2C(=O)OC(C)(C)C. The molecule has 6 aliphatic carbocycles. The van der Waals surface area contributed by atoms with E-state index in [2.05, 4.69) is 13.8 Å². The number of carbonyl (C=O) groups excluding carboxylic acids is 4. The highest BCUT2D eigenvalue weighted by molar-refractivity contribution is 5.86. The lowest BCUT2D eigenvalue weighted by Gasteiger charge is -2.59. The van der Waals surface area contributed by atoms with Crippen LogP contribution >= 0.6 is 0 Å². The molecule has 8 nitrogen and oxygen atoms in total. The first-order valence-corrected chi connectivity index (χ1v) is 17.2. The van der Waals surface area contributed by atoms with Crippen molar-refractivity contribution in [1.82, 2.24) is 0 Å². The van der Waals surface area contributed by atoms with Gasteiger partial charge in [0.05, 0.1) is 22.7 Å². The highest BCUT2D eigenvalue weighted by Crippen LogP contribution is 2.60. The maximum atomic E-state index is 12.7. The van der Waals surface area contributed by atoms with Crippen molar-refractivity contribution < 1.29 is 38.1 Å². The van der Waals surface area contributed by atoms with Crippen molar-refractivity contribution in [3.8, 4) is 0 Å². The van der Waals surface area contributed by atoms with Crippen LogP contribution in [0.15, 0.2) is 0 Å². The first kappa shape index (κ1) is 33.2. The molecule has 44 heavy (non-hydrogen) atoms. The van der Waals surface area contributed by atoms with Gasteiger partial charge in [-0.1, -0.05) is 13.8 Å². The average molecular weight is 617 g/mol. The Morgan fingerprint density at radius 3 is 1.82 bits per heavy atom. The van der Waals surface area contributed by atoms with E-state index in [1.807, 2.05) is 34.6 Å². The summed E-state index contributed by atoms with van der Waals surface area (Å²) in [4.78, 5) is 50.0. The van der Waals surface area contributed by atoms with Crippen molar-refractivity contribution in [2.45, 2.75) is 144 Å². The fourth-order valence-electron chi connectivity index (χ4n) is 9.03. The van der Waals surface area contributed by atoms with Gasteiger partial charge >= 0.3 is 23.9 Å². The molecule has 1 saturated heterocycles. The van der Waals surface area contributed by atoms with Gasteiger partial charge in [-0.05, 0) is 130 Å². The van der Waals surface area contributed by atoms with Crippen molar-refractivity contribution in [1.29, 1.82) is 0 Å². The summed E-state index contributed by atoms with van der Waals surface area (Å²) in [7, 11) is 0.